The molecule has 1 saturated heterocycles. The van der Waals surface area contributed by atoms with E-state index >= 15 is 0 Å². The summed E-state index contributed by atoms with van der Waals surface area (Å²) in [5.74, 6) is 1.34. The summed E-state index contributed by atoms with van der Waals surface area (Å²) >= 11 is 1.74. The van der Waals surface area contributed by atoms with E-state index in [0.717, 1.165) is 17.9 Å². The van der Waals surface area contributed by atoms with Gasteiger partial charge in [0.05, 0.1) is 12.5 Å². The number of aliphatic carboxylic acids is 1. The number of benzene rings is 1. The molecule has 1 aromatic rings. The minimum atomic E-state index is -0.823. The van der Waals surface area contributed by atoms with Crippen LogP contribution in [-0.2, 0) is 9.59 Å². The smallest absolute Gasteiger partial charge is 0.305 e. The molecule has 0 bridgehead atoms. The zero-order valence-electron chi connectivity index (χ0n) is 11.8. The molecular formula is C16H19NO3S. The predicted molar refractivity (Wildman–Crippen MR) is 82.4 cm³/mol. The van der Waals surface area contributed by atoms with Gasteiger partial charge in [0.2, 0.25) is 5.91 Å². The van der Waals surface area contributed by atoms with E-state index < -0.39 is 5.97 Å². The number of amides is 1. The number of carbonyl (C=O) groups excluding carboxylic acids is 1. The summed E-state index contributed by atoms with van der Waals surface area (Å²) in [6.45, 7) is 0.680. The molecule has 3 rings (SSSR count). The first-order valence-corrected chi connectivity index (χ1v) is 8.47. The molecule has 2 aliphatic rings. The molecule has 0 radical (unpaired) electrons. The average Bonchev–Trinajstić information content (AvgIpc) is 3.28. The Morgan fingerprint density at radius 3 is 2.76 bits per heavy atom. The lowest BCUT2D eigenvalue weighted by Gasteiger charge is -2.35. The highest BCUT2D eigenvalue weighted by atomic mass is 32.2. The van der Waals surface area contributed by atoms with Crippen molar-refractivity contribution >= 4 is 23.6 Å². The van der Waals surface area contributed by atoms with Crippen LogP contribution in [0.3, 0.4) is 0 Å². The van der Waals surface area contributed by atoms with Crippen molar-refractivity contribution in [3.63, 3.8) is 0 Å². The lowest BCUT2D eigenvalue weighted by molar-refractivity contribution is -0.140. The van der Waals surface area contributed by atoms with Crippen molar-refractivity contribution in [2.75, 3.05) is 18.1 Å². The van der Waals surface area contributed by atoms with Crippen LogP contribution in [0.5, 0.6) is 0 Å². The van der Waals surface area contributed by atoms with Crippen molar-refractivity contribution in [2.24, 2.45) is 5.92 Å². The molecule has 1 aliphatic carbocycles. The highest BCUT2D eigenvalue weighted by Gasteiger charge is 2.47. The maximum Gasteiger partial charge on any atom is 0.305 e. The molecule has 2 fully saturated rings. The first-order valence-electron chi connectivity index (χ1n) is 7.32. The number of hydrogen-bond donors (Lipinski definition) is 1. The SMILES string of the molecule is O=C(O)CC1CSCCN1C(=O)C1CC1c1ccccc1. The summed E-state index contributed by atoms with van der Waals surface area (Å²) in [5.41, 5.74) is 1.22. The molecule has 3 unspecified atom stereocenters. The minimum absolute atomic E-state index is 0.0480. The molecule has 1 heterocycles. The fourth-order valence-electron chi connectivity index (χ4n) is 3.07. The third-order valence-corrected chi connectivity index (χ3v) is 5.35. The fourth-order valence-corrected chi connectivity index (χ4v) is 4.13. The van der Waals surface area contributed by atoms with Crippen LogP contribution in [0.4, 0.5) is 0 Å². The zero-order chi connectivity index (χ0) is 14.8. The Kier molecular flexibility index (Phi) is 4.19. The standard InChI is InChI=1S/C16H19NO3S/c18-15(19)8-12-10-21-7-6-17(12)16(20)14-9-13(14)11-4-2-1-3-5-11/h1-5,12-14H,6-10H2,(H,18,19). The van der Waals surface area contributed by atoms with E-state index in [1.165, 1.54) is 5.56 Å². The van der Waals surface area contributed by atoms with Crippen molar-refractivity contribution in [3.05, 3.63) is 35.9 Å². The average molecular weight is 305 g/mol. The number of carbonyl (C=O) groups is 2. The maximum atomic E-state index is 12.7. The normalized spacial score (nSPS) is 28.2. The molecule has 5 heteroatoms. The van der Waals surface area contributed by atoms with E-state index in [4.69, 9.17) is 5.11 Å². The number of hydrogen-bond acceptors (Lipinski definition) is 3. The van der Waals surface area contributed by atoms with Gasteiger partial charge >= 0.3 is 5.97 Å². The predicted octanol–water partition coefficient (Wildman–Crippen LogP) is 2.21. The molecule has 3 atom stereocenters. The van der Waals surface area contributed by atoms with Gasteiger partial charge in [-0.2, -0.15) is 11.8 Å². The van der Waals surface area contributed by atoms with Crippen molar-refractivity contribution in [1.82, 2.24) is 4.90 Å². The largest absolute Gasteiger partial charge is 0.481 e. The third kappa shape index (κ3) is 3.23. The molecule has 1 N–H and O–H groups in total. The third-order valence-electron chi connectivity index (χ3n) is 4.26. The first-order chi connectivity index (χ1) is 10.2. The summed E-state index contributed by atoms with van der Waals surface area (Å²) in [7, 11) is 0. The Morgan fingerprint density at radius 2 is 2.05 bits per heavy atom. The van der Waals surface area contributed by atoms with Crippen LogP contribution in [-0.4, -0.2) is 46.0 Å². The van der Waals surface area contributed by atoms with E-state index in [1.807, 2.05) is 23.1 Å². The van der Waals surface area contributed by atoms with Gasteiger partial charge in [-0.3, -0.25) is 9.59 Å². The Balaban J connectivity index is 1.66. The van der Waals surface area contributed by atoms with Gasteiger partial charge in [0.25, 0.3) is 0 Å². The molecule has 0 spiro atoms. The van der Waals surface area contributed by atoms with E-state index in [1.54, 1.807) is 11.8 Å². The van der Waals surface area contributed by atoms with Gasteiger partial charge in [0.15, 0.2) is 0 Å². The lowest BCUT2D eigenvalue weighted by atomic mass is 10.1. The first kappa shape index (κ1) is 14.4. The van der Waals surface area contributed by atoms with Gasteiger partial charge in [0, 0.05) is 24.0 Å². The van der Waals surface area contributed by atoms with Crippen molar-refractivity contribution in [2.45, 2.75) is 24.8 Å². The molecule has 0 aromatic heterocycles. The molecule has 1 saturated carbocycles. The second-order valence-corrected chi connectivity index (χ2v) is 6.87. The Morgan fingerprint density at radius 1 is 1.29 bits per heavy atom. The topological polar surface area (TPSA) is 57.6 Å². The van der Waals surface area contributed by atoms with Crippen molar-refractivity contribution < 1.29 is 14.7 Å². The summed E-state index contributed by atoms with van der Waals surface area (Å²) in [4.78, 5) is 25.4. The van der Waals surface area contributed by atoms with E-state index in [9.17, 15) is 9.59 Å². The van der Waals surface area contributed by atoms with E-state index in [-0.39, 0.29) is 24.3 Å². The van der Waals surface area contributed by atoms with Crippen molar-refractivity contribution in [1.29, 1.82) is 0 Å². The number of rotatable bonds is 4. The van der Waals surface area contributed by atoms with Crippen molar-refractivity contribution in [3.8, 4) is 0 Å². The van der Waals surface area contributed by atoms with Gasteiger partial charge in [-0.1, -0.05) is 30.3 Å². The van der Waals surface area contributed by atoms with Gasteiger partial charge in [0.1, 0.15) is 0 Å². The Labute approximate surface area is 128 Å². The van der Waals surface area contributed by atoms with Crippen LogP contribution in [0.15, 0.2) is 30.3 Å². The van der Waals surface area contributed by atoms with Gasteiger partial charge in [-0.05, 0) is 17.9 Å². The Bertz CT molecular complexity index is 534. The zero-order valence-corrected chi connectivity index (χ0v) is 12.6. The van der Waals surface area contributed by atoms with E-state index in [2.05, 4.69) is 12.1 Å². The van der Waals surface area contributed by atoms with E-state index in [0.29, 0.717) is 12.5 Å². The maximum absolute atomic E-state index is 12.7. The van der Waals surface area contributed by atoms with Gasteiger partial charge in [-0.25, -0.2) is 0 Å². The molecule has 112 valence electrons. The number of nitrogens with zero attached hydrogens (tertiary/aromatic N) is 1. The minimum Gasteiger partial charge on any atom is -0.481 e. The fraction of sp³-hybridized carbons (Fsp3) is 0.500. The molecule has 1 amide bonds. The highest BCUT2D eigenvalue weighted by molar-refractivity contribution is 7.99. The molecule has 1 aliphatic heterocycles. The van der Waals surface area contributed by atoms with Crippen LogP contribution in [0.25, 0.3) is 0 Å². The summed E-state index contributed by atoms with van der Waals surface area (Å²) in [5, 5.41) is 9.00. The molecule has 4 nitrogen and oxygen atoms in total. The van der Waals surface area contributed by atoms with Crippen LogP contribution in [0.2, 0.25) is 0 Å². The van der Waals surface area contributed by atoms with Crippen LogP contribution < -0.4 is 0 Å². The lowest BCUT2D eigenvalue weighted by Crippen LogP contribution is -2.47. The summed E-state index contributed by atoms with van der Waals surface area (Å²) in [6, 6.07) is 9.97. The number of carboxylic acids is 1. The van der Waals surface area contributed by atoms with Gasteiger partial charge in [-0.15, -0.1) is 0 Å². The highest BCUT2D eigenvalue weighted by Crippen LogP contribution is 2.48. The van der Waals surface area contributed by atoms with Crippen LogP contribution >= 0.6 is 11.8 Å². The summed E-state index contributed by atoms with van der Waals surface area (Å²) < 4.78 is 0. The monoisotopic (exact) mass is 305 g/mol. The number of carboxylic acid groups (broad SMARTS) is 1. The molecule has 21 heavy (non-hydrogen) atoms. The summed E-state index contributed by atoms with van der Waals surface area (Å²) in [6.07, 6.45) is 0.952. The van der Waals surface area contributed by atoms with Crippen LogP contribution in [0, 0.1) is 5.92 Å². The molecular weight excluding hydrogens is 286 g/mol. The molecule has 1 aromatic carbocycles. The quantitative estimate of drug-likeness (QED) is 0.926. The van der Waals surface area contributed by atoms with Gasteiger partial charge < -0.3 is 10.0 Å². The number of thioether (sulfide) groups is 1. The Hall–Kier alpha value is -1.49. The second-order valence-electron chi connectivity index (χ2n) is 5.72. The van der Waals surface area contributed by atoms with Crippen LogP contribution in [0.1, 0.15) is 24.3 Å². The second kappa shape index (κ2) is 6.10.